The third-order valence-corrected chi connectivity index (χ3v) is 2.91. The highest BCUT2D eigenvalue weighted by Gasteiger charge is 2.27. The Kier molecular flexibility index (Phi) is 5.03. The molecule has 1 aromatic carbocycles. The first-order chi connectivity index (χ1) is 9.03. The highest BCUT2D eigenvalue weighted by atomic mass is 16.5. The van der Waals surface area contributed by atoms with Crippen LogP contribution in [-0.4, -0.2) is 33.9 Å². The molecule has 106 valence electrons. The van der Waals surface area contributed by atoms with Crippen LogP contribution in [0, 0.1) is 13.8 Å². The quantitative estimate of drug-likeness (QED) is 0.768. The van der Waals surface area contributed by atoms with E-state index in [1.165, 1.54) is 14.2 Å². The summed E-state index contributed by atoms with van der Waals surface area (Å²) < 4.78 is 21.0. The molecule has 0 bridgehead atoms. The molecule has 0 amide bonds. The maximum Gasteiger partial charge on any atom is 0.345 e. The van der Waals surface area contributed by atoms with Crippen molar-refractivity contribution in [3.8, 4) is 17.2 Å². The summed E-state index contributed by atoms with van der Waals surface area (Å²) in [4.78, 5) is 12.1. The molecule has 0 saturated carbocycles. The molecule has 1 aromatic rings. The number of hydrogen-bond acceptors (Lipinski definition) is 5. The molecule has 0 aliphatic heterocycles. The minimum Gasteiger partial charge on any atom is -0.496 e. The Hall–Kier alpha value is -1.91. The van der Waals surface area contributed by atoms with Crippen LogP contribution in [0.1, 0.15) is 28.4 Å². The lowest BCUT2D eigenvalue weighted by atomic mass is 10.0. The zero-order chi connectivity index (χ0) is 14.6. The number of benzene rings is 1. The van der Waals surface area contributed by atoms with Gasteiger partial charge in [-0.15, -0.1) is 0 Å². The third kappa shape index (κ3) is 2.59. The van der Waals surface area contributed by atoms with Crippen molar-refractivity contribution >= 4 is 5.97 Å². The van der Waals surface area contributed by atoms with Crippen molar-refractivity contribution in [2.45, 2.75) is 20.8 Å². The van der Waals surface area contributed by atoms with Crippen LogP contribution in [0.2, 0.25) is 0 Å². The predicted octanol–water partition coefficient (Wildman–Crippen LogP) is 2.51. The van der Waals surface area contributed by atoms with Crippen molar-refractivity contribution in [3.05, 3.63) is 16.7 Å². The van der Waals surface area contributed by atoms with E-state index >= 15 is 0 Å². The van der Waals surface area contributed by atoms with E-state index in [0.29, 0.717) is 22.8 Å². The maximum absolute atomic E-state index is 12.1. The van der Waals surface area contributed by atoms with Gasteiger partial charge in [-0.1, -0.05) is 0 Å². The van der Waals surface area contributed by atoms with Gasteiger partial charge in [-0.05, 0) is 20.8 Å². The molecule has 0 aromatic heterocycles. The van der Waals surface area contributed by atoms with Crippen LogP contribution in [0.15, 0.2) is 0 Å². The lowest BCUT2D eigenvalue weighted by molar-refractivity contribution is 0.0518. The molecule has 0 aliphatic rings. The van der Waals surface area contributed by atoms with Crippen molar-refractivity contribution in [3.63, 3.8) is 0 Å². The first-order valence-corrected chi connectivity index (χ1v) is 5.99. The Balaban J connectivity index is 3.63. The average Bonchev–Trinajstić information content (AvgIpc) is 2.39. The number of carbonyl (C=O) groups is 1. The van der Waals surface area contributed by atoms with E-state index in [9.17, 15) is 4.79 Å². The summed E-state index contributed by atoms with van der Waals surface area (Å²) in [5.41, 5.74) is 1.78. The number of hydrogen-bond donors (Lipinski definition) is 0. The zero-order valence-corrected chi connectivity index (χ0v) is 12.2. The van der Waals surface area contributed by atoms with Gasteiger partial charge < -0.3 is 18.9 Å². The highest BCUT2D eigenvalue weighted by Crippen LogP contribution is 2.42. The van der Waals surface area contributed by atoms with Crippen LogP contribution in [0.5, 0.6) is 17.2 Å². The molecule has 5 nitrogen and oxygen atoms in total. The maximum atomic E-state index is 12.1. The van der Waals surface area contributed by atoms with Crippen LogP contribution in [-0.2, 0) is 4.74 Å². The van der Waals surface area contributed by atoms with Gasteiger partial charge in [0.1, 0.15) is 22.8 Å². The summed E-state index contributed by atoms with van der Waals surface area (Å²) in [6.07, 6.45) is 0. The van der Waals surface area contributed by atoms with Crippen LogP contribution in [0.3, 0.4) is 0 Å². The highest BCUT2D eigenvalue weighted by molar-refractivity contribution is 5.97. The van der Waals surface area contributed by atoms with Crippen LogP contribution in [0.25, 0.3) is 0 Å². The fourth-order valence-electron chi connectivity index (χ4n) is 2.17. The van der Waals surface area contributed by atoms with Gasteiger partial charge in [0, 0.05) is 11.1 Å². The average molecular weight is 268 g/mol. The molecule has 1 rings (SSSR count). The third-order valence-electron chi connectivity index (χ3n) is 2.91. The van der Waals surface area contributed by atoms with E-state index in [1.54, 1.807) is 14.0 Å². The van der Waals surface area contributed by atoms with Gasteiger partial charge in [0.2, 0.25) is 0 Å². The van der Waals surface area contributed by atoms with Crippen molar-refractivity contribution in [1.82, 2.24) is 0 Å². The molecule has 0 aliphatic carbocycles. The summed E-state index contributed by atoms with van der Waals surface area (Å²) in [5.74, 6) is 1.00. The lowest BCUT2D eigenvalue weighted by Gasteiger charge is -2.20. The second-order valence-electron chi connectivity index (χ2n) is 3.95. The van der Waals surface area contributed by atoms with Crippen LogP contribution >= 0.6 is 0 Å². The fourth-order valence-corrected chi connectivity index (χ4v) is 2.17. The van der Waals surface area contributed by atoms with Crippen molar-refractivity contribution in [2.75, 3.05) is 27.9 Å². The molecule has 0 fully saturated rings. The standard InChI is InChI=1S/C14H20O5/c1-7-19-14(15)10-12(17-5)8(2)11(16-4)9(3)13(10)18-6/h7H2,1-6H3. The summed E-state index contributed by atoms with van der Waals surface area (Å²) in [5, 5.41) is 0. The molecule has 19 heavy (non-hydrogen) atoms. The molecule has 5 heteroatoms. The Morgan fingerprint density at radius 2 is 1.32 bits per heavy atom. The molecule has 0 unspecified atom stereocenters. The van der Waals surface area contributed by atoms with Crippen LogP contribution in [0.4, 0.5) is 0 Å². The van der Waals surface area contributed by atoms with E-state index < -0.39 is 5.97 Å². The largest absolute Gasteiger partial charge is 0.496 e. The number of methoxy groups -OCH3 is 3. The lowest BCUT2D eigenvalue weighted by Crippen LogP contribution is -2.12. The predicted molar refractivity (Wildman–Crippen MR) is 71.5 cm³/mol. The van der Waals surface area contributed by atoms with Crippen molar-refractivity contribution in [2.24, 2.45) is 0 Å². The molecule has 0 N–H and O–H groups in total. The Morgan fingerprint density at radius 1 is 0.895 bits per heavy atom. The van der Waals surface area contributed by atoms with Gasteiger partial charge in [-0.2, -0.15) is 0 Å². The van der Waals surface area contributed by atoms with Gasteiger partial charge in [-0.3, -0.25) is 0 Å². The van der Waals surface area contributed by atoms with Crippen LogP contribution < -0.4 is 14.2 Å². The topological polar surface area (TPSA) is 54.0 Å². The monoisotopic (exact) mass is 268 g/mol. The number of carbonyl (C=O) groups excluding carboxylic acids is 1. The molecular formula is C14H20O5. The van der Waals surface area contributed by atoms with Gasteiger partial charge in [0.15, 0.2) is 0 Å². The number of esters is 1. The van der Waals surface area contributed by atoms with E-state index in [4.69, 9.17) is 18.9 Å². The fraction of sp³-hybridized carbons (Fsp3) is 0.500. The molecule has 0 atom stereocenters. The zero-order valence-electron chi connectivity index (χ0n) is 12.2. The second kappa shape index (κ2) is 6.31. The van der Waals surface area contributed by atoms with E-state index in [0.717, 1.165) is 11.1 Å². The summed E-state index contributed by atoms with van der Waals surface area (Å²) >= 11 is 0. The molecule has 0 heterocycles. The number of rotatable bonds is 5. The molecule has 0 spiro atoms. The minimum absolute atomic E-state index is 0.287. The summed E-state index contributed by atoms with van der Waals surface area (Å²) in [6, 6.07) is 0. The molecular weight excluding hydrogens is 248 g/mol. The molecule has 0 saturated heterocycles. The van der Waals surface area contributed by atoms with Crippen molar-refractivity contribution < 1.29 is 23.7 Å². The Morgan fingerprint density at radius 3 is 1.63 bits per heavy atom. The minimum atomic E-state index is -0.468. The summed E-state index contributed by atoms with van der Waals surface area (Å²) in [6.45, 7) is 5.69. The Bertz CT molecular complexity index is 448. The Labute approximate surface area is 113 Å². The summed E-state index contributed by atoms with van der Waals surface area (Å²) in [7, 11) is 4.57. The second-order valence-corrected chi connectivity index (χ2v) is 3.95. The van der Waals surface area contributed by atoms with Gasteiger partial charge in [-0.25, -0.2) is 4.79 Å². The first-order valence-electron chi connectivity index (χ1n) is 5.99. The van der Waals surface area contributed by atoms with E-state index in [-0.39, 0.29) is 6.61 Å². The van der Waals surface area contributed by atoms with E-state index in [2.05, 4.69) is 0 Å². The first kappa shape index (κ1) is 15.1. The van der Waals surface area contributed by atoms with Gasteiger partial charge >= 0.3 is 5.97 Å². The normalized spacial score (nSPS) is 10.0. The van der Waals surface area contributed by atoms with Gasteiger partial charge in [0.05, 0.1) is 27.9 Å². The SMILES string of the molecule is CCOC(=O)c1c(OC)c(C)c(OC)c(C)c1OC. The van der Waals surface area contributed by atoms with Gasteiger partial charge in [0.25, 0.3) is 0 Å². The molecule has 0 radical (unpaired) electrons. The van der Waals surface area contributed by atoms with Crippen molar-refractivity contribution in [1.29, 1.82) is 0 Å². The smallest absolute Gasteiger partial charge is 0.345 e. The number of ether oxygens (including phenoxy) is 4. The van der Waals surface area contributed by atoms with E-state index in [1.807, 2.05) is 13.8 Å².